The molecule has 9 aromatic rings. The molecule has 562 valence electrons. The molecule has 0 saturated heterocycles. The smallest absolute Gasteiger partial charge is 0.399 e. The number of nitrogens with one attached hydrogen (secondary N) is 5. The molecule has 0 saturated carbocycles. The lowest BCUT2D eigenvalue weighted by atomic mass is 10.0. The Bertz CT molecular complexity index is 4610. The van der Waals surface area contributed by atoms with Crippen LogP contribution in [-0.4, -0.2) is 129 Å². The third-order valence-electron chi connectivity index (χ3n) is 16.9. The van der Waals surface area contributed by atoms with E-state index < -0.39 is 35.2 Å². The van der Waals surface area contributed by atoms with Crippen molar-refractivity contribution < 1.29 is 68.3 Å². The van der Waals surface area contributed by atoms with Crippen LogP contribution in [0.3, 0.4) is 0 Å². The molecule has 0 aliphatic carbocycles. The Kier molecular flexibility index (Phi) is 25.6. The van der Waals surface area contributed by atoms with E-state index in [0.717, 1.165) is 58.8 Å². The fourth-order valence-electron chi connectivity index (χ4n) is 11.4. The van der Waals surface area contributed by atoms with Gasteiger partial charge in [-0.1, -0.05) is 55.4 Å². The zero-order valence-corrected chi connectivity index (χ0v) is 59.4. The van der Waals surface area contributed by atoms with Crippen LogP contribution in [0.2, 0.25) is 5.15 Å². The summed E-state index contributed by atoms with van der Waals surface area (Å²) >= 11 is 5.69. The first-order valence-corrected chi connectivity index (χ1v) is 32.9. The maximum atomic E-state index is 13.7. The number of amides is 6. The van der Waals surface area contributed by atoms with Crippen LogP contribution in [0, 0.1) is 0 Å². The van der Waals surface area contributed by atoms with Gasteiger partial charge in [-0.25, -0.2) is 15.0 Å². The van der Waals surface area contributed by atoms with Gasteiger partial charge < -0.3 is 61.7 Å². The van der Waals surface area contributed by atoms with Gasteiger partial charge in [-0.15, -0.1) is 0 Å². The van der Waals surface area contributed by atoms with Crippen LogP contribution in [0.4, 0.5) is 119 Å². The van der Waals surface area contributed by atoms with Crippen molar-refractivity contribution in [3.8, 4) is 0 Å². The quantitative estimate of drug-likeness (QED) is 0.0357. The number of halogens is 10. The molecule has 0 bridgehead atoms. The Morgan fingerprint density at radius 1 is 0.402 bits per heavy atom. The number of hydrogen-bond acceptors (Lipinski definition) is 15. The number of nitrogen functional groups attached to an aromatic ring is 1. The molecule has 0 atom stereocenters. The number of aryl methyl sites for hydroxylation is 3. The minimum absolute atomic E-state index is 0. The molecule has 7 N–H and O–H groups in total. The lowest BCUT2D eigenvalue weighted by molar-refractivity contribution is -0.138. The molecular formula is C76H77ClF9N15O6. The largest absolute Gasteiger partial charge is 0.419 e. The molecule has 107 heavy (non-hydrogen) atoms. The number of para-hydroxylation sites is 3. The molecule has 21 nitrogen and oxygen atoms in total. The standard InChI is InChI=1S/2C25H24F3N5O2.C15H13ClF3N3O.C10H12N2O.CH4/c2*1-32(2)24(35)17-6-4-5-7-19(17)31-20-13-22(29-14-18(20)25(26,27)28)30-16-9-10-21-15(12-16)8-11-23(34)33(21)3;1-22(2)14(23)9-5-3-4-6-11(9)21-12-7-13(16)20-8-10(12)15(17,18)19;1-12-9-4-3-8(11)6-7(9)2-5-10(12)13;/h2*4-7,9-10,12-14H,8,11H2,1-3H3,(H2,29,30,31);3-8H,1-2H3,(H,20,21);3-4,6H,2,5,11H2,1H3;1H4. The van der Waals surface area contributed by atoms with Gasteiger partial charge in [-0.2, -0.15) is 39.5 Å². The van der Waals surface area contributed by atoms with Gasteiger partial charge in [0.2, 0.25) is 17.7 Å². The van der Waals surface area contributed by atoms with Crippen molar-refractivity contribution in [1.29, 1.82) is 0 Å². The third-order valence-corrected chi connectivity index (χ3v) is 17.1. The highest BCUT2D eigenvalue weighted by Gasteiger charge is 2.38. The summed E-state index contributed by atoms with van der Waals surface area (Å²) in [6, 6.07) is 39.1. The zero-order valence-electron chi connectivity index (χ0n) is 58.7. The minimum atomic E-state index is -4.66. The van der Waals surface area contributed by atoms with E-state index in [1.165, 1.54) is 44.5 Å². The van der Waals surface area contributed by atoms with Gasteiger partial charge >= 0.3 is 18.5 Å². The van der Waals surface area contributed by atoms with E-state index >= 15 is 0 Å². The van der Waals surface area contributed by atoms with Gasteiger partial charge in [0.15, 0.2) is 0 Å². The first-order chi connectivity index (χ1) is 50.0. The number of carbonyl (C=O) groups excluding carboxylic acids is 6. The number of nitrogens with zero attached hydrogens (tertiary/aromatic N) is 9. The van der Waals surface area contributed by atoms with E-state index in [0.29, 0.717) is 49.7 Å². The highest BCUT2D eigenvalue weighted by Crippen LogP contribution is 2.42. The first kappa shape index (κ1) is 80.7. The van der Waals surface area contributed by atoms with Crippen LogP contribution < -0.4 is 47.0 Å². The van der Waals surface area contributed by atoms with Gasteiger partial charge in [0, 0.05) is 148 Å². The molecule has 0 spiro atoms. The SMILES string of the molecule is C.CN(C)C(=O)c1ccccc1Nc1cc(Cl)ncc1C(F)(F)F.CN(C)C(=O)c1ccccc1Nc1cc(Nc2ccc3c(c2)CCC(=O)N3C)ncc1C(F)(F)F.CN(C)C(=O)c1ccccc1Nc1cc(Nc2ccc3c(c2)CCC(=O)N3C)ncc1C(F)(F)F.CN1C(=O)CCc2cc(N)ccc21. The number of carbonyl (C=O) groups is 6. The van der Waals surface area contributed by atoms with Gasteiger partial charge in [-0.05, 0) is 133 Å². The average Bonchev–Trinajstić information content (AvgIpc) is 0.804. The lowest BCUT2D eigenvalue weighted by Crippen LogP contribution is -2.31. The maximum absolute atomic E-state index is 13.7. The molecule has 3 aliphatic heterocycles. The monoisotopic (exact) mass is 1500 g/mol. The molecule has 3 aliphatic rings. The molecule has 0 radical (unpaired) electrons. The number of nitrogens with two attached hydrogens (primary N) is 1. The molecule has 6 heterocycles. The van der Waals surface area contributed by atoms with E-state index in [4.69, 9.17) is 17.3 Å². The van der Waals surface area contributed by atoms with Crippen molar-refractivity contribution in [1.82, 2.24) is 29.7 Å². The Labute approximate surface area is 616 Å². The molecule has 0 fully saturated rings. The number of benzene rings is 6. The number of alkyl halides is 9. The molecule has 12 rings (SSSR count). The third kappa shape index (κ3) is 19.9. The predicted octanol–water partition coefficient (Wildman–Crippen LogP) is 16.4. The van der Waals surface area contributed by atoms with E-state index in [2.05, 4.69) is 41.5 Å². The summed E-state index contributed by atoms with van der Waals surface area (Å²) in [5.41, 5.74) is 11.2. The Morgan fingerprint density at radius 2 is 0.701 bits per heavy atom. The lowest BCUT2D eigenvalue weighted by Gasteiger charge is -2.26. The minimum Gasteiger partial charge on any atom is -0.399 e. The van der Waals surface area contributed by atoms with Crippen molar-refractivity contribution in [3.05, 3.63) is 219 Å². The van der Waals surface area contributed by atoms with Crippen molar-refractivity contribution in [2.75, 3.05) is 110 Å². The number of hydrogen-bond donors (Lipinski definition) is 6. The number of aromatic nitrogens is 3. The molecule has 31 heteroatoms. The number of fused-ring (bicyclic) bond motifs is 3. The van der Waals surface area contributed by atoms with E-state index in [-0.39, 0.29) is 110 Å². The summed E-state index contributed by atoms with van der Waals surface area (Å²) in [5.74, 6) is -0.385. The second-order valence-electron chi connectivity index (χ2n) is 25.1. The van der Waals surface area contributed by atoms with Gasteiger partial charge in [0.25, 0.3) is 17.7 Å². The average molecular weight is 1500 g/mol. The van der Waals surface area contributed by atoms with Crippen molar-refractivity contribution in [2.45, 2.75) is 64.5 Å². The van der Waals surface area contributed by atoms with E-state index in [9.17, 15) is 68.3 Å². The number of pyridine rings is 3. The second kappa shape index (κ2) is 33.9. The van der Waals surface area contributed by atoms with Gasteiger partial charge in [-0.3, -0.25) is 28.8 Å². The summed E-state index contributed by atoms with van der Waals surface area (Å²) in [6.45, 7) is 0. The Balaban J connectivity index is 0.000000189. The summed E-state index contributed by atoms with van der Waals surface area (Å²) in [5, 5.41) is 14.2. The number of anilines is 14. The van der Waals surface area contributed by atoms with Crippen LogP contribution >= 0.6 is 11.6 Å². The maximum Gasteiger partial charge on any atom is 0.419 e. The predicted molar refractivity (Wildman–Crippen MR) is 398 cm³/mol. The first-order valence-electron chi connectivity index (χ1n) is 32.6. The van der Waals surface area contributed by atoms with Gasteiger partial charge in [0.1, 0.15) is 16.8 Å². The summed E-state index contributed by atoms with van der Waals surface area (Å²) < 4.78 is 122. The fraction of sp³-hybridized carbons (Fsp3) is 0.250. The second-order valence-corrected chi connectivity index (χ2v) is 25.5. The highest BCUT2D eigenvalue weighted by molar-refractivity contribution is 6.29. The van der Waals surface area contributed by atoms with E-state index in [1.807, 2.05) is 30.3 Å². The normalized spacial score (nSPS) is 13.0. The topological polar surface area (TPSA) is 247 Å². The Hall–Kier alpha value is -12.0. The van der Waals surface area contributed by atoms with Crippen LogP contribution in [0.25, 0.3) is 0 Å². The summed E-state index contributed by atoms with van der Waals surface area (Å²) in [4.78, 5) is 92.6. The molecule has 6 amide bonds. The van der Waals surface area contributed by atoms with Crippen LogP contribution in [-0.2, 0) is 52.2 Å². The fourth-order valence-corrected chi connectivity index (χ4v) is 11.6. The van der Waals surface area contributed by atoms with E-state index in [1.54, 1.807) is 163 Å². The van der Waals surface area contributed by atoms with Crippen molar-refractivity contribution in [2.24, 2.45) is 0 Å². The van der Waals surface area contributed by atoms with Crippen molar-refractivity contribution >= 4 is 127 Å². The van der Waals surface area contributed by atoms with Crippen LogP contribution in [0.15, 0.2) is 164 Å². The Morgan fingerprint density at radius 3 is 1.03 bits per heavy atom. The van der Waals surface area contributed by atoms with Gasteiger partial charge in [0.05, 0.1) is 67.5 Å². The molecule has 6 aromatic carbocycles. The van der Waals surface area contributed by atoms with Crippen LogP contribution in [0.5, 0.6) is 0 Å². The van der Waals surface area contributed by atoms with Crippen LogP contribution in [0.1, 0.15) is 91.1 Å². The zero-order chi connectivity index (χ0) is 77.3. The number of rotatable bonds is 13. The highest BCUT2D eigenvalue weighted by atomic mass is 35.5. The van der Waals surface area contributed by atoms with Crippen molar-refractivity contribution in [3.63, 3.8) is 0 Å². The molecular weight excluding hydrogens is 1430 g/mol. The molecule has 3 aromatic heterocycles. The summed E-state index contributed by atoms with van der Waals surface area (Å²) in [7, 11) is 14.6. The molecule has 0 unspecified atom stereocenters. The summed E-state index contributed by atoms with van der Waals surface area (Å²) in [6.07, 6.45) is -8.39.